The van der Waals surface area contributed by atoms with Crippen LogP contribution in [0.25, 0.3) is 16.3 Å². The van der Waals surface area contributed by atoms with E-state index in [-0.39, 0.29) is 0 Å². The lowest BCUT2D eigenvalue weighted by atomic mass is 9.57. The molecule has 2 bridgehead atoms. The monoisotopic (exact) mass is 412 g/mol. The number of hydrogen-bond acceptors (Lipinski definition) is 2. The zero-order valence-corrected chi connectivity index (χ0v) is 17.6. The highest BCUT2D eigenvalue weighted by Crippen LogP contribution is 2.75. The molecule has 31 heavy (non-hydrogen) atoms. The molecule has 0 aliphatic heterocycles. The van der Waals surface area contributed by atoms with Crippen molar-refractivity contribution in [2.75, 3.05) is 0 Å². The number of aliphatic hydroxyl groups is 1. The third-order valence-electron chi connectivity index (χ3n) is 9.60. The molecule has 0 spiro atoms. The molecular weight excluding hydrogens is 384 g/mol. The van der Waals surface area contributed by atoms with Gasteiger partial charge in [0.25, 0.3) is 0 Å². The van der Waals surface area contributed by atoms with Gasteiger partial charge in [-0.1, -0.05) is 30.4 Å². The summed E-state index contributed by atoms with van der Waals surface area (Å²) in [5.74, 6) is 3.83. The number of allylic oxidation sites excluding steroid dienone is 2. The molecule has 0 heterocycles. The number of fused-ring (bicyclic) bond motifs is 2. The summed E-state index contributed by atoms with van der Waals surface area (Å²) < 4.78 is 0. The van der Waals surface area contributed by atoms with Crippen LogP contribution in [0.1, 0.15) is 54.4 Å². The van der Waals surface area contributed by atoms with Gasteiger partial charge in [-0.2, -0.15) is 0 Å². The highest BCUT2D eigenvalue weighted by molar-refractivity contribution is 5.95. The van der Waals surface area contributed by atoms with E-state index in [4.69, 9.17) is 0 Å². The second kappa shape index (κ2) is 6.10. The van der Waals surface area contributed by atoms with E-state index >= 15 is 0 Å². The van der Waals surface area contributed by atoms with Gasteiger partial charge in [0.2, 0.25) is 0 Å². The van der Waals surface area contributed by atoms with E-state index in [9.17, 15) is 15.0 Å². The van der Waals surface area contributed by atoms with Crippen molar-refractivity contribution in [1.82, 2.24) is 0 Å². The smallest absolute Gasteiger partial charge is 0.335 e. The molecule has 5 aliphatic rings. The van der Waals surface area contributed by atoms with E-state index in [0.717, 1.165) is 51.5 Å². The average Bonchev–Trinajstić information content (AvgIpc) is 3.19. The second-order valence-corrected chi connectivity index (χ2v) is 10.9. The summed E-state index contributed by atoms with van der Waals surface area (Å²) in [6, 6.07) is 11.4. The van der Waals surface area contributed by atoms with Gasteiger partial charge in [-0.3, -0.25) is 0 Å². The van der Waals surface area contributed by atoms with E-state index in [1.54, 1.807) is 12.1 Å². The molecule has 7 unspecified atom stereocenters. The first-order valence-electron chi connectivity index (χ1n) is 11.9. The fourth-order valence-electron chi connectivity index (χ4n) is 8.51. The number of hydrogen-bond donors (Lipinski definition) is 2. The lowest BCUT2D eigenvalue weighted by molar-refractivity contribution is 0.0151. The van der Waals surface area contributed by atoms with E-state index in [1.807, 2.05) is 18.2 Å². The van der Waals surface area contributed by atoms with Crippen LogP contribution < -0.4 is 0 Å². The summed E-state index contributed by atoms with van der Waals surface area (Å²) >= 11 is 0. The number of aromatic carboxylic acids is 1. The standard InChI is InChI=1S/C28H28O3/c29-25-6-5-22(28-13-15-7-20-11-21(14-28)26(20)24(28)8-15)12-23(25)18-3-1-17-10-19(27(30)31)4-2-16(17)9-18/h1-5,9-10,12,15,20-21,24-26,29H,6-8,11,13-14H2,(H,30,31). The summed E-state index contributed by atoms with van der Waals surface area (Å²) in [5.41, 5.74) is 4.28. The number of aliphatic hydroxyl groups excluding tert-OH is 1. The quantitative estimate of drug-likeness (QED) is 0.681. The second-order valence-electron chi connectivity index (χ2n) is 10.9. The molecule has 4 fully saturated rings. The first kappa shape index (κ1) is 18.2. The molecule has 4 saturated carbocycles. The molecule has 158 valence electrons. The fraction of sp³-hybridized carbons (Fsp3) is 0.464. The van der Waals surface area contributed by atoms with Crippen molar-refractivity contribution in [3.05, 3.63) is 65.3 Å². The van der Waals surface area contributed by atoms with Gasteiger partial charge < -0.3 is 10.2 Å². The zero-order chi connectivity index (χ0) is 20.9. The Balaban J connectivity index is 1.28. The topological polar surface area (TPSA) is 57.5 Å². The maximum absolute atomic E-state index is 11.3. The summed E-state index contributed by atoms with van der Waals surface area (Å²) in [4.78, 5) is 11.3. The van der Waals surface area contributed by atoms with Gasteiger partial charge in [0.05, 0.1) is 11.7 Å². The molecule has 2 aromatic carbocycles. The SMILES string of the molecule is O=C(O)c1ccc2cc(C3=CC(C45CC6CC7CC(C4)C7C5C6)=CCC3O)ccc2c1. The van der Waals surface area contributed by atoms with Gasteiger partial charge in [0.15, 0.2) is 0 Å². The Kier molecular flexibility index (Phi) is 3.58. The first-order chi connectivity index (χ1) is 15.0. The first-order valence-corrected chi connectivity index (χ1v) is 11.9. The number of rotatable bonds is 3. The average molecular weight is 413 g/mol. The van der Waals surface area contributed by atoms with Crippen molar-refractivity contribution in [2.24, 2.45) is 35.0 Å². The van der Waals surface area contributed by atoms with Crippen LogP contribution in [0.2, 0.25) is 0 Å². The van der Waals surface area contributed by atoms with Crippen LogP contribution in [0.15, 0.2) is 54.1 Å². The molecule has 5 aliphatic carbocycles. The molecule has 7 rings (SSSR count). The van der Waals surface area contributed by atoms with Crippen LogP contribution in [0.3, 0.4) is 0 Å². The van der Waals surface area contributed by atoms with Gasteiger partial charge in [0.1, 0.15) is 0 Å². The Labute approximate surface area is 182 Å². The maximum atomic E-state index is 11.3. The summed E-state index contributed by atoms with van der Waals surface area (Å²) in [6.45, 7) is 0. The van der Waals surface area contributed by atoms with Crippen LogP contribution in [0, 0.1) is 35.0 Å². The zero-order valence-electron chi connectivity index (χ0n) is 17.6. The van der Waals surface area contributed by atoms with Crippen molar-refractivity contribution in [1.29, 1.82) is 0 Å². The molecular formula is C28H28O3. The van der Waals surface area contributed by atoms with E-state index < -0.39 is 12.1 Å². The van der Waals surface area contributed by atoms with Gasteiger partial charge in [0, 0.05) is 0 Å². The lowest BCUT2D eigenvalue weighted by Gasteiger charge is -2.48. The fourth-order valence-corrected chi connectivity index (χ4v) is 8.51. The predicted octanol–water partition coefficient (Wildman–Crippen LogP) is 5.68. The van der Waals surface area contributed by atoms with Crippen LogP contribution in [0.5, 0.6) is 0 Å². The highest BCUT2D eigenvalue weighted by atomic mass is 16.4. The van der Waals surface area contributed by atoms with Crippen molar-refractivity contribution < 1.29 is 15.0 Å². The Morgan fingerprint density at radius 2 is 1.81 bits per heavy atom. The molecule has 0 amide bonds. The number of carboxylic acids is 1. The Bertz CT molecular complexity index is 1180. The molecule has 2 N–H and O–H groups in total. The van der Waals surface area contributed by atoms with Gasteiger partial charge in [-0.25, -0.2) is 4.79 Å². The Hall–Kier alpha value is -2.39. The van der Waals surface area contributed by atoms with Crippen molar-refractivity contribution >= 4 is 22.3 Å². The van der Waals surface area contributed by atoms with Crippen LogP contribution in [-0.2, 0) is 0 Å². The van der Waals surface area contributed by atoms with Crippen LogP contribution in [0.4, 0.5) is 0 Å². The van der Waals surface area contributed by atoms with Crippen LogP contribution in [-0.4, -0.2) is 22.3 Å². The molecule has 7 atom stereocenters. The van der Waals surface area contributed by atoms with Crippen LogP contribution >= 0.6 is 0 Å². The van der Waals surface area contributed by atoms with Crippen molar-refractivity contribution in [3.8, 4) is 0 Å². The minimum Gasteiger partial charge on any atom is -0.478 e. The number of carboxylic acid groups (broad SMARTS) is 1. The number of benzene rings is 2. The summed E-state index contributed by atoms with van der Waals surface area (Å²) in [7, 11) is 0. The van der Waals surface area contributed by atoms with E-state index in [0.29, 0.717) is 17.4 Å². The van der Waals surface area contributed by atoms with Crippen molar-refractivity contribution in [2.45, 2.75) is 44.6 Å². The third-order valence-corrected chi connectivity index (χ3v) is 9.60. The molecule has 0 aromatic heterocycles. The Morgan fingerprint density at radius 1 is 0.968 bits per heavy atom. The molecule has 0 saturated heterocycles. The molecule has 0 radical (unpaired) electrons. The van der Waals surface area contributed by atoms with E-state index in [2.05, 4.69) is 18.2 Å². The number of carbonyl (C=O) groups is 1. The minimum absolute atomic E-state index is 0.308. The summed E-state index contributed by atoms with van der Waals surface area (Å²) in [6.07, 6.45) is 12.0. The van der Waals surface area contributed by atoms with Gasteiger partial charge >= 0.3 is 5.97 Å². The Morgan fingerprint density at radius 3 is 2.68 bits per heavy atom. The predicted molar refractivity (Wildman–Crippen MR) is 121 cm³/mol. The highest BCUT2D eigenvalue weighted by Gasteiger charge is 2.67. The third kappa shape index (κ3) is 2.41. The molecule has 2 aromatic rings. The van der Waals surface area contributed by atoms with Gasteiger partial charge in [-0.05, 0) is 119 Å². The maximum Gasteiger partial charge on any atom is 0.335 e. The molecule has 3 nitrogen and oxygen atoms in total. The van der Waals surface area contributed by atoms with E-state index in [1.165, 1.54) is 37.7 Å². The van der Waals surface area contributed by atoms with Crippen molar-refractivity contribution in [3.63, 3.8) is 0 Å². The molecule has 3 heteroatoms. The minimum atomic E-state index is -0.903. The summed E-state index contributed by atoms with van der Waals surface area (Å²) in [5, 5.41) is 22.1. The lowest BCUT2D eigenvalue weighted by Crippen LogP contribution is -2.40. The normalized spacial score (nSPS) is 39.8. The van der Waals surface area contributed by atoms with Gasteiger partial charge in [-0.15, -0.1) is 0 Å². The largest absolute Gasteiger partial charge is 0.478 e.